The number of alkyl halides is 1. The van der Waals surface area contributed by atoms with Gasteiger partial charge in [-0.1, -0.05) is 18.2 Å². The van der Waals surface area contributed by atoms with Crippen LogP contribution in [-0.4, -0.2) is 25.9 Å². The normalized spacial score (nSPS) is 22.8. The van der Waals surface area contributed by atoms with E-state index in [-0.39, 0.29) is 11.5 Å². The van der Waals surface area contributed by atoms with Gasteiger partial charge in [0, 0.05) is 4.70 Å². The highest BCUT2D eigenvalue weighted by Gasteiger charge is 2.26. The van der Waals surface area contributed by atoms with Crippen molar-refractivity contribution in [3.63, 3.8) is 0 Å². The molecule has 0 spiro atoms. The zero-order valence-electron chi connectivity index (χ0n) is 9.27. The summed E-state index contributed by atoms with van der Waals surface area (Å²) in [6, 6.07) is 8.32. The minimum atomic E-state index is -0.133. The maximum absolute atomic E-state index is 6.51. The molecule has 1 aromatic heterocycles. The Morgan fingerprint density at radius 1 is 1.29 bits per heavy atom. The number of benzene rings is 1. The molecule has 2 nitrogen and oxygen atoms in total. The van der Waals surface area contributed by atoms with Gasteiger partial charge in [0.15, 0.2) is 0 Å². The van der Waals surface area contributed by atoms with Crippen LogP contribution in [0.5, 0.6) is 0 Å². The average Bonchev–Trinajstić information content (AvgIpc) is 2.83. The van der Waals surface area contributed by atoms with Crippen molar-refractivity contribution in [1.29, 1.82) is 0 Å². The highest BCUT2D eigenvalue weighted by molar-refractivity contribution is 7.17. The van der Waals surface area contributed by atoms with Gasteiger partial charge in [0.2, 0.25) is 0 Å². The lowest BCUT2D eigenvalue weighted by Crippen LogP contribution is -2.31. The summed E-state index contributed by atoms with van der Waals surface area (Å²) in [5, 5.41) is 3.22. The Hall–Kier alpha value is -0.610. The molecule has 0 radical (unpaired) electrons. The zero-order chi connectivity index (χ0) is 11.7. The van der Waals surface area contributed by atoms with Crippen molar-refractivity contribution in [3.8, 4) is 0 Å². The second-order valence-electron chi connectivity index (χ2n) is 4.07. The maximum Gasteiger partial charge on any atom is 0.101 e. The Bertz CT molecular complexity index is 505. The van der Waals surface area contributed by atoms with Crippen LogP contribution >= 0.6 is 22.9 Å². The van der Waals surface area contributed by atoms with E-state index in [1.807, 2.05) is 12.1 Å². The fraction of sp³-hybridized carbons (Fsp3) is 0.385. The van der Waals surface area contributed by atoms with E-state index in [1.165, 1.54) is 10.1 Å². The van der Waals surface area contributed by atoms with Crippen LogP contribution in [-0.2, 0) is 9.47 Å². The summed E-state index contributed by atoms with van der Waals surface area (Å²) in [5.41, 5.74) is 1.16. The van der Waals surface area contributed by atoms with E-state index in [0.717, 1.165) is 5.56 Å². The molecular weight excluding hydrogens is 256 g/mol. The summed E-state index contributed by atoms with van der Waals surface area (Å²) in [6.07, 6.45) is -0.0385. The second-order valence-corrected chi connectivity index (χ2v) is 5.45. The van der Waals surface area contributed by atoms with Crippen LogP contribution in [0.2, 0.25) is 0 Å². The summed E-state index contributed by atoms with van der Waals surface area (Å²) >= 11 is 8.23. The number of thiophene rings is 1. The summed E-state index contributed by atoms with van der Waals surface area (Å²) < 4.78 is 12.3. The Labute approximate surface area is 109 Å². The first-order valence-electron chi connectivity index (χ1n) is 5.66. The standard InChI is InChI=1S/C13H13ClO2S/c14-13(11-7-15-5-6-16-11)10-8-17-12-4-2-1-3-9(10)12/h1-4,8,11,13H,5-7H2. The summed E-state index contributed by atoms with van der Waals surface area (Å²) in [6.45, 7) is 1.89. The largest absolute Gasteiger partial charge is 0.376 e. The van der Waals surface area contributed by atoms with Crippen molar-refractivity contribution < 1.29 is 9.47 Å². The van der Waals surface area contributed by atoms with Crippen molar-refractivity contribution in [1.82, 2.24) is 0 Å². The van der Waals surface area contributed by atoms with Crippen molar-refractivity contribution in [2.45, 2.75) is 11.5 Å². The van der Waals surface area contributed by atoms with Crippen LogP contribution in [0.1, 0.15) is 10.9 Å². The molecule has 2 heterocycles. The van der Waals surface area contributed by atoms with E-state index < -0.39 is 0 Å². The van der Waals surface area contributed by atoms with Crippen molar-refractivity contribution in [3.05, 3.63) is 35.2 Å². The summed E-state index contributed by atoms with van der Waals surface area (Å²) in [7, 11) is 0. The van der Waals surface area contributed by atoms with Gasteiger partial charge in [-0.05, 0) is 22.4 Å². The molecule has 1 fully saturated rings. The topological polar surface area (TPSA) is 18.5 Å². The molecule has 90 valence electrons. The summed E-state index contributed by atoms with van der Waals surface area (Å²) in [5.74, 6) is 0. The molecule has 0 N–H and O–H groups in total. The zero-order valence-corrected chi connectivity index (χ0v) is 10.8. The minimum absolute atomic E-state index is 0.0385. The molecule has 17 heavy (non-hydrogen) atoms. The first-order chi connectivity index (χ1) is 8.36. The molecule has 1 aliphatic heterocycles. The average molecular weight is 269 g/mol. The molecule has 2 atom stereocenters. The SMILES string of the molecule is ClC(c1csc2ccccc12)C1COCCO1. The Morgan fingerprint density at radius 2 is 2.18 bits per heavy atom. The molecular formula is C13H13ClO2S. The van der Waals surface area contributed by atoms with Crippen LogP contribution in [0, 0.1) is 0 Å². The first kappa shape index (κ1) is 11.5. The lowest BCUT2D eigenvalue weighted by Gasteiger charge is -2.26. The third kappa shape index (κ3) is 2.20. The van der Waals surface area contributed by atoms with Gasteiger partial charge in [-0.15, -0.1) is 22.9 Å². The molecule has 1 saturated heterocycles. The predicted octanol–water partition coefficient (Wildman–Crippen LogP) is 3.60. The highest BCUT2D eigenvalue weighted by Crippen LogP contribution is 2.36. The Morgan fingerprint density at radius 3 is 3.00 bits per heavy atom. The molecule has 0 aliphatic carbocycles. The van der Waals surface area contributed by atoms with E-state index in [9.17, 15) is 0 Å². The Balaban J connectivity index is 1.92. The van der Waals surface area contributed by atoms with Gasteiger partial charge < -0.3 is 9.47 Å². The quantitative estimate of drug-likeness (QED) is 0.775. The lowest BCUT2D eigenvalue weighted by molar-refractivity contribution is -0.0891. The van der Waals surface area contributed by atoms with Gasteiger partial charge >= 0.3 is 0 Å². The molecule has 3 rings (SSSR count). The number of hydrogen-bond donors (Lipinski definition) is 0. The van der Waals surface area contributed by atoms with Crippen LogP contribution in [0.15, 0.2) is 29.6 Å². The fourth-order valence-electron chi connectivity index (χ4n) is 2.09. The smallest absolute Gasteiger partial charge is 0.101 e. The van der Waals surface area contributed by atoms with Crippen molar-refractivity contribution in [2.24, 2.45) is 0 Å². The molecule has 1 aliphatic rings. The van der Waals surface area contributed by atoms with Crippen LogP contribution in [0.4, 0.5) is 0 Å². The number of halogens is 1. The van der Waals surface area contributed by atoms with Gasteiger partial charge in [0.05, 0.1) is 25.2 Å². The number of ether oxygens (including phenoxy) is 2. The van der Waals surface area contributed by atoms with Gasteiger partial charge in [-0.2, -0.15) is 0 Å². The molecule has 0 amide bonds. The summed E-state index contributed by atoms with van der Waals surface area (Å²) in [4.78, 5) is 0. The predicted molar refractivity (Wildman–Crippen MR) is 71.0 cm³/mol. The third-order valence-electron chi connectivity index (χ3n) is 2.98. The first-order valence-corrected chi connectivity index (χ1v) is 6.97. The third-order valence-corrected chi connectivity index (χ3v) is 4.47. The monoisotopic (exact) mass is 268 g/mol. The fourth-order valence-corrected chi connectivity index (χ4v) is 3.49. The van der Waals surface area contributed by atoms with E-state index in [0.29, 0.717) is 19.8 Å². The van der Waals surface area contributed by atoms with E-state index >= 15 is 0 Å². The molecule has 2 unspecified atom stereocenters. The number of rotatable bonds is 2. The number of fused-ring (bicyclic) bond motifs is 1. The van der Waals surface area contributed by atoms with Crippen molar-refractivity contribution >= 4 is 33.0 Å². The maximum atomic E-state index is 6.51. The van der Waals surface area contributed by atoms with Crippen molar-refractivity contribution in [2.75, 3.05) is 19.8 Å². The van der Waals surface area contributed by atoms with Crippen LogP contribution < -0.4 is 0 Å². The van der Waals surface area contributed by atoms with Crippen LogP contribution in [0.3, 0.4) is 0 Å². The second kappa shape index (κ2) is 4.94. The van der Waals surface area contributed by atoms with Gasteiger partial charge in [0.1, 0.15) is 6.10 Å². The Kier molecular flexibility index (Phi) is 3.34. The van der Waals surface area contributed by atoms with E-state index in [4.69, 9.17) is 21.1 Å². The highest BCUT2D eigenvalue weighted by atomic mass is 35.5. The van der Waals surface area contributed by atoms with Gasteiger partial charge in [-0.25, -0.2) is 0 Å². The van der Waals surface area contributed by atoms with E-state index in [2.05, 4.69) is 17.5 Å². The van der Waals surface area contributed by atoms with Gasteiger partial charge in [0.25, 0.3) is 0 Å². The van der Waals surface area contributed by atoms with Gasteiger partial charge in [-0.3, -0.25) is 0 Å². The molecule has 4 heteroatoms. The number of hydrogen-bond acceptors (Lipinski definition) is 3. The minimum Gasteiger partial charge on any atom is -0.376 e. The van der Waals surface area contributed by atoms with Crippen LogP contribution in [0.25, 0.3) is 10.1 Å². The molecule has 0 bridgehead atoms. The molecule has 0 saturated carbocycles. The van der Waals surface area contributed by atoms with E-state index in [1.54, 1.807) is 11.3 Å². The molecule has 1 aromatic carbocycles. The molecule has 2 aromatic rings. The lowest BCUT2D eigenvalue weighted by atomic mass is 10.1.